The van der Waals surface area contributed by atoms with E-state index in [9.17, 15) is 19.2 Å². The standard InChI is InChI=1S/C14H19BrO9/c1-6(16)20-5-10-11(21-7(2)17)12(22-8(3)18)13(14(15)24-10)23-9(4)19/h10-14H,5H2,1-4H3/t10-,11+,12-,13+,14-/m1/s1. The summed E-state index contributed by atoms with van der Waals surface area (Å²) in [6.07, 6.45) is -4.22. The van der Waals surface area contributed by atoms with Crippen molar-refractivity contribution in [1.29, 1.82) is 0 Å². The molecule has 0 amide bonds. The lowest BCUT2D eigenvalue weighted by molar-refractivity contribution is -0.236. The summed E-state index contributed by atoms with van der Waals surface area (Å²) in [6, 6.07) is 0. The van der Waals surface area contributed by atoms with E-state index in [1.165, 1.54) is 13.8 Å². The molecule has 0 radical (unpaired) electrons. The van der Waals surface area contributed by atoms with E-state index in [0.29, 0.717) is 0 Å². The summed E-state index contributed by atoms with van der Waals surface area (Å²) in [6.45, 7) is 4.47. The van der Waals surface area contributed by atoms with Crippen LogP contribution in [-0.4, -0.2) is 59.9 Å². The van der Waals surface area contributed by atoms with Crippen LogP contribution in [0, 0.1) is 0 Å². The molecular formula is C14H19BrO9. The fourth-order valence-corrected chi connectivity index (χ4v) is 2.86. The molecule has 1 heterocycles. The van der Waals surface area contributed by atoms with Gasteiger partial charge in [0.1, 0.15) is 12.7 Å². The number of ether oxygens (including phenoxy) is 5. The summed E-state index contributed by atoms with van der Waals surface area (Å²) < 4.78 is 25.9. The maximum absolute atomic E-state index is 11.4. The minimum atomic E-state index is -1.13. The number of carbonyl (C=O) groups is 4. The van der Waals surface area contributed by atoms with Crippen molar-refractivity contribution in [2.24, 2.45) is 0 Å². The van der Waals surface area contributed by atoms with Crippen LogP contribution in [0.1, 0.15) is 27.7 Å². The molecule has 136 valence electrons. The molecule has 0 aromatic heterocycles. The van der Waals surface area contributed by atoms with Crippen LogP contribution in [0.15, 0.2) is 0 Å². The van der Waals surface area contributed by atoms with Crippen molar-refractivity contribution in [1.82, 2.24) is 0 Å². The van der Waals surface area contributed by atoms with E-state index in [-0.39, 0.29) is 6.61 Å². The Kier molecular flexibility index (Phi) is 7.61. The van der Waals surface area contributed by atoms with Crippen LogP contribution in [0.5, 0.6) is 0 Å². The maximum atomic E-state index is 11.4. The lowest BCUT2D eigenvalue weighted by atomic mass is 9.99. The Morgan fingerprint density at radius 1 is 0.792 bits per heavy atom. The van der Waals surface area contributed by atoms with Crippen molar-refractivity contribution < 1.29 is 42.9 Å². The topological polar surface area (TPSA) is 114 Å². The third-order valence-corrected chi connectivity index (χ3v) is 3.67. The number of hydrogen-bond acceptors (Lipinski definition) is 9. The molecule has 9 nitrogen and oxygen atoms in total. The fourth-order valence-electron chi connectivity index (χ4n) is 2.18. The van der Waals surface area contributed by atoms with E-state index in [1.54, 1.807) is 0 Å². The summed E-state index contributed by atoms with van der Waals surface area (Å²) in [7, 11) is 0. The van der Waals surface area contributed by atoms with Gasteiger partial charge in [0.25, 0.3) is 0 Å². The molecule has 0 unspecified atom stereocenters. The number of esters is 4. The van der Waals surface area contributed by atoms with Gasteiger partial charge in [0.05, 0.1) is 0 Å². The van der Waals surface area contributed by atoms with Gasteiger partial charge in [-0.2, -0.15) is 0 Å². The minimum Gasteiger partial charge on any atom is -0.463 e. The van der Waals surface area contributed by atoms with Gasteiger partial charge in [0, 0.05) is 27.7 Å². The van der Waals surface area contributed by atoms with Crippen molar-refractivity contribution in [3.8, 4) is 0 Å². The molecule has 1 fully saturated rings. The molecule has 0 bridgehead atoms. The molecule has 0 aromatic rings. The van der Waals surface area contributed by atoms with Crippen LogP contribution in [0.4, 0.5) is 0 Å². The Bertz CT molecular complexity index is 506. The van der Waals surface area contributed by atoms with Gasteiger partial charge in [-0.1, -0.05) is 15.9 Å². The molecule has 1 rings (SSSR count). The van der Waals surface area contributed by atoms with Crippen molar-refractivity contribution in [3.05, 3.63) is 0 Å². The highest BCUT2D eigenvalue weighted by molar-refractivity contribution is 9.09. The molecular weight excluding hydrogens is 392 g/mol. The second-order valence-electron chi connectivity index (χ2n) is 5.05. The van der Waals surface area contributed by atoms with Crippen LogP contribution in [0.25, 0.3) is 0 Å². The molecule has 0 spiro atoms. The van der Waals surface area contributed by atoms with Gasteiger partial charge in [-0.25, -0.2) is 0 Å². The molecule has 10 heteroatoms. The zero-order valence-corrected chi connectivity index (χ0v) is 15.2. The SMILES string of the molecule is CC(=O)OC[C@H]1O[C@@H](Br)[C@@H](OC(C)=O)[C@H](OC(C)=O)[C@H]1OC(C)=O. The molecule has 1 aliphatic rings. The van der Waals surface area contributed by atoms with E-state index in [4.69, 9.17) is 23.7 Å². The predicted octanol–water partition coefficient (Wildman–Crippen LogP) is 0.464. The molecule has 5 atom stereocenters. The Hall–Kier alpha value is -1.68. The van der Waals surface area contributed by atoms with Gasteiger partial charge in [0.15, 0.2) is 23.3 Å². The highest BCUT2D eigenvalue weighted by atomic mass is 79.9. The number of rotatable bonds is 5. The molecule has 24 heavy (non-hydrogen) atoms. The highest BCUT2D eigenvalue weighted by Crippen LogP contribution is 2.31. The van der Waals surface area contributed by atoms with Gasteiger partial charge in [-0.05, 0) is 0 Å². The maximum Gasteiger partial charge on any atom is 0.303 e. The molecule has 1 aliphatic heterocycles. The molecule has 0 N–H and O–H groups in total. The van der Waals surface area contributed by atoms with Crippen molar-refractivity contribution in [2.45, 2.75) is 57.1 Å². The van der Waals surface area contributed by atoms with Crippen LogP contribution in [-0.2, 0) is 42.9 Å². The quantitative estimate of drug-likeness (QED) is 0.362. The zero-order chi connectivity index (χ0) is 18.4. The van der Waals surface area contributed by atoms with Crippen LogP contribution < -0.4 is 0 Å². The van der Waals surface area contributed by atoms with Crippen LogP contribution in [0.3, 0.4) is 0 Å². The van der Waals surface area contributed by atoms with E-state index >= 15 is 0 Å². The first-order valence-corrected chi connectivity index (χ1v) is 7.98. The first-order valence-electron chi connectivity index (χ1n) is 7.06. The van der Waals surface area contributed by atoms with Crippen molar-refractivity contribution in [3.63, 3.8) is 0 Å². The first-order chi connectivity index (χ1) is 11.1. The van der Waals surface area contributed by atoms with E-state index < -0.39 is 53.3 Å². The first kappa shape index (κ1) is 20.4. The van der Waals surface area contributed by atoms with Gasteiger partial charge in [-0.3, -0.25) is 19.2 Å². The summed E-state index contributed by atoms with van der Waals surface area (Å²) >= 11 is 3.18. The smallest absolute Gasteiger partial charge is 0.303 e. The lowest BCUT2D eigenvalue weighted by Gasteiger charge is -2.42. The molecule has 0 aliphatic carbocycles. The fraction of sp³-hybridized carbons (Fsp3) is 0.714. The lowest BCUT2D eigenvalue weighted by Crippen LogP contribution is -2.60. The van der Waals surface area contributed by atoms with Crippen LogP contribution in [0.2, 0.25) is 0 Å². The number of hydrogen-bond donors (Lipinski definition) is 0. The summed E-state index contributed by atoms with van der Waals surface area (Å²) in [5, 5.41) is -0.863. The third kappa shape index (κ3) is 6.08. The Balaban J connectivity index is 3.11. The van der Waals surface area contributed by atoms with E-state index in [1.807, 2.05) is 0 Å². The van der Waals surface area contributed by atoms with Crippen molar-refractivity contribution in [2.75, 3.05) is 6.61 Å². The number of halogens is 1. The number of alkyl halides is 1. The average Bonchev–Trinajstić information content (AvgIpc) is 2.42. The zero-order valence-electron chi connectivity index (χ0n) is 13.6. The highest BCUT2D eigenvalue weighted by Gasteiger charge is 2.51. The Morgan fingerprint density at radius 3 is 1.71 bits per heavy atom. The average molecular weight is 411 g/mol. The van der Waals surface area contributed by atoms with Crippen molar-refractivity contribution >= 4 is 39.8 Å². The van der Waals surface area contributed by atoms with Crippen LogP contribution >= 0.6 is 15.9 Å². The summed E-state index contributed by atoms with van der Waals surface area (Å²) in [5.41, 5.74) is 0. The largest absolute Gasteiger partial charge is 0.463 e. The minimum absolute atomic E-state index is 0.236. The Morgan fingerprint density at radius 2 is 1.25 bits per heavy atom. The molecule has 0 saturated carbocycles. The van der Waals surface area contributed by atoms with Gasteiger partial charge in [0.2, 0.25) is 0 Å². The van der Waals surface area contributed by atoms with Gasteiger partial charge >= 0.3 is 23.9 Å². The normalized spacial score (nSPS) is 29.3. The molecule has 0 aromatic carbocycles. The summed E-state index contributed by atoms with van der Waals surface area (Å²) in [5.74, 6) is -2.52. The Labute approximate surface area is 147 Å². The second-order valence-corrected chi connectivity index (χ2v) is 5.95. The predicted molar refractivity (Wildman–Crippen MR) is 80.9 cm³/mol. The van der Waals surface area contributed by atoms with Gasteiger partial charge in [-0.15, -0.1) is 0 Å². The summed E-state index contributed by atoms with van der Waals surface area (Å²) in [4.78, 5) is 45.1. The van der Waals surface area contributed by atoms with Gasteiger partial charge < -0.3 is 23.7 Å². The van der Waals surface area contributed by atoms with E-state index in [0.717, 1.165) is 13.8 Å². The van der Waals surface area contributed by atoms with E-state index in [2.05, 4.69) is 15.9 Å². The third-order valence-electron chi connectivity index (χ3n) is 2.93. The number of carbonyl (C=O) groups excluding carboxylic acids is 4. The molecule has 1 saturated heterocycles. The second kappa shape index (κ2) is 8.97. The monoisotopic (exact) mass is 410 g/mol.